The molecule has 0 aliphatic carbocycles. The van der Waals surface area contributed by atoms with Crippen molar-refractivity contribution in [3.8, 4) is 0 Å². The Hall–Kier alpha value is -3.14. The number of esters is 1. The lowest BCUT2D eigenvalue weighted by Crippen LogP contribution is -2.26. The highest BCUT2D eigenvalue weighted by molar-refractivity contribution is 6.42. The van der Waals surface area contributed by atoms with Crippen molar-refractivity contribution in [2.45, 2.75) is 19.9 Å². The maximum Gasteiger partial charge on any atom is 0.307 e. The number of carbonyl (C=O) groups excluding carboxylic acids is 1. The lowest BCUT2D eigenvalue weighted by molar-refractivity contribution is -0.143. The fraction of sp³-hybridized carbons (Fsp3) is 0.227. The maximum atomic E-state index is 14.3. The van der Waals surface area contributed by atoms with Gasteiger partial charge in [0.05, 0.1) is 35.0 Å². The summed E-state index contributed by atoms with van der Waals surface area (Å²) in [6.07, 6.45) is 1.39. The Labute approximate surface area is 200 Å². The number of hydrazine groups is 1. The fourth-order valence-corrected chi connectivity index (χ4v) is 3.57. The molecule has 0 amide bonds. The highest BCUT2D eigenvalue weighted by Gasteiger charge is 2.20. The molecule has 2 heterocycles. The molecule has 11 heteroatoms. The Bertz CT molecular complexity index is 1180. The highest BCUT2D eigenvalue weighted by atomic mass is 35.5. The van der Waals surface area contributed by atoms with E-state index < -0.39 is 5.82 Å². The molecule has 4 rings (SSSR count). The van der Waals surface area contributed by atoms with Crippen molar-refractivity contribution in [1.82, 2.24) is 15.0 Å². The molecule has 0 atom stereocenters. The molecule has 0 spiro atoms. The molecule has 0 saturated heterocycles. The predicted octanol–water partition coefficient (Wildman–Crippen LogP) is 5.51. The lowest BCUT2D eigenvalue weighted by atomic mass is 10.1. The number of benzene rings is 2. The van der Waals surface area contributed by atoms with Crippen LogP contribution in [0, 0.1) is 5.82 Å². The molecule has 1 aliphatic heterocycles. The van der Waals surface area contributed by atoms with E-state index in [1.807, 2.05) is 23.2 Å². The lowest BCUT2D eigenvalue weighted by Gasteiger charge is -2.15. The van der Waals surface area contributed by atoms with Crippen LogP contribution in [0.4, 0.5) is 33.2 Å². The minimum Gasteiger partial charge on any atom is -0.466 e. The SMILES string of the molecule is CCOC(=O)CCN1Cc2cc(Nc3ncc(F)c(Nc4ccc(Cl)c(Cl)c4)n3)ccc2N1. The first-order chi connectivity index (χ1) is 15.9. The van der Waals surface area contributed by atoms with E-state index >= 15 is 0 Å². The molecule has 3 N–H and O–H groups in total. The van der Waals surface area contributed by atoms with Gasteiger partial charge in [-0.1, -0.05) is 23.2 Å². The largest absolute Gasteiger partial charge is 0.466 e. The summed E-state index contributed by atoms with van der Waals surface area (Å²) in [6.45, 7) is 3.31. The molecular weight excluding hydrogens is 470 g/mol. The first kappa shape index (κ1) is 23.0. The molecule has 0 fully saturated rings. The molecule has 1 aliphatic rings. The summed E-state index contributed by atoms with van der Waals surface area (Å²) >= 11 is 11.9. The summed E-state index contributed by atoms with van der Waals surface area (Å²) < 4.78 is 19.2. The zero-order valence-electron chi connectivity index (χ0n) is 17.7. The van der Waals surface area contributed by atoms with Crippen molar-refractivity contribution in [2.24, 2.45) is 0 Å². The van der Waals surface area contributed by atoms with Gasteiger partial charge in [-0.3, -0.25) is 4.79 Å². The number of hydrogen-bond donors (Lipinski definition) is 3. The van der Waals surface area contributed by atoms with Gasteiger partial charge in [-0.05, 0) is 48.9 Å². The second kappa shape index (κ2) is 10.2. The number of carbonyl (C=O) groups is 1. The molecule has 1 aromatic heterocycles. The first-order valence-corrected chi connectivity index (χ1v) is 11.0. The number of nitrogens with one attached hydrogen (secondary N) is 3. The summed E-state index contributed by atoms with van der Waals surface area (Å²) in [5.41, 5.74) is 6.54. The molecule has 3 aromatic rings. The van der Waals surface area contributed by atoms with Crippen LogP contribution in [0.1, 0.15) is 18.9 Å². The summed E-state index contributed by atoms with van der Waals surface area (Å²) in [6, 6.07) is 10.6. The second-order valence-electron chi connectivity index (χ2n) is 7.23. The van der Waals surface area contributed by atoms with Gasteiger partial charge in [0.1, 0.15) is 0 Å². The third kappa shape index (κ3) is 5.81. The van der Waals surface area contributed by atoms with E-state index in [2.05, 4.69) is 26.0 Å². The fourth-order valence-electron chi connectivity index (χ4n) is 3.28. The van der Waals surface area contributed by atoms with E-state index in [0.29, 0.717) is 41.8 Å². The molecule has 0 bridgehead atoms. The van der Waals surface area contributed by atoms with Gasteiger partial charge in [0.2, 0.25) is 5.95 Å². The van der Waals surface area contributed by atoms with Crippen molar-refractivity contribution < 1.29 is 13.9 Å². The topological polar surface area (TPSA) is 91.4 Å². The van der Waals surface area contributed by atoms with Gasteiger partial charge in [0, 0.05) is 24.5 Å². The summed E-state index contributed by atoms with van der Waals surface area (Å²) in [5, 5.41) is 8.66. The molecule has 0 radical (unpaired) electrons. The zero-order chi connectivity index (χ0) is 23.4. The standard InChI is InChI=1S/C22H21Cl2FN6O2/c1-2-33-20(32)7-8-31-12-13-9-14(4-6-19(13)30-31)28-22-26-11-18(25)21(29-22)27-15-3-5-16(23)17(24)10-15/h3-6,9-11,30H,2,7-8,12H2,1H3,(H2,26,27,28,29). The number of nitrogens with zero attached hydrogens (tertiary/aromatic N) is 3. The normalized spacial score (nSPS) is 12.7. The molecule has 8 nitrogen and oxygen atoms in total. The van der Waals surface area contributed by atoms with Crippen LogP contribution in [0.5, 0.6) is 0 Å². The number of ether oxygens (including phenoxy) is 1. The Morgan fingerprint density at radius 2 is 1.97 bits per heavy atom. The number of fused-ring (bicyclic) bond motifs is 1. The van der Waals surface area contributed by atoms with Crippen molar-refractivity contribution >= 4 is 58.0 Å². The van der Waals surface area contributed by atoms with Crippen LogP contribution in [0.15, 0.2) is 42.6 Å². The molecule has 2 aromatic carbocycles. The maximum absolute atomic E-state index is 14.3. The van der Waals surface area contributed by atoms with Crippen LogP contribution < -0.4 is 16.1 Å². The van der Waals surface area contributed by atoms with Crippen LogP contribution in [-0.2, 0) is 16.1 Å². The molecule has 172 valence electrons. The predicted molar refractivity (Wildman–Crippen MR) is 127 cm³/mol. The van der Waals surface area contributed by atoms with Gasteiger partial charge in [-0.15, -0.1) is 0 Å². The quantitative estimate of drug-likeness (QED) is 0.356. The van der Waals surface area contributed by atoms with Gasteiger partial charge < -0.3 is 20.8 Å². The smallest absolute Gasteiger partial charge is 0.307 e. The van der Waals surface area contributed by atoms with E-state index in [0.717, 1.165) is 23.1 Å². The van der Waals surface area contributed by atoms with Crippen LogP contribution in [0.3, 0.4) is 0 Å². The number of halogens is 3. The van der Waals surface area contributed by atoms with E-state index in [9.17, 15) is 9.18 Å². The van der Waals surface area contributed by atoms with Gasteiger partial charge in [-0.2, -0.15) is 4.98 Å². The van der Waals surface area contributed by atoms with Crippen molar-refractivity contribution in [2.75, 3.05) is 29.2 Å². The molecule has 0 unspecified atom stereocenters. The summed E-state index contributed by atoms with van der Waals surface area (Å²) in [7, 11) is 0. The van der Waals surface area contributed by atoms with E-state index in [1.54, 1.807) is 25.1 Å². The number of hydrogen-bond acceptors (Lipinski definition) is 8. The third-order valence-corrected chi connectivity index (χ3v) is 5.56. The number of anilines is 5. The highest BCUT2D eigenvalue weighted by Crippen LogP contribution is 2.30. The van der Waals surface area contributed by atoms with Crippen LogP contribution in [-0.4, -0.2) is 34.1 Å². The molecular formula is C22H21Cl2FN6O2. The van der Waals surface area contributed by atoms with E-state index in [1.165, 1.54) is 0 Å². The van der Waals surface area contributed by atoms with Crippen LogP contribution in [0.2, 0.25) is 10.0 Å². The van der Waals surface area contributed by atoms with Crippen molar-refractivity contribution in [1.29, 1.82) is 0 Å². The van der Waals surface area contributed by atoms with Crippen molar-refractivity contribution in [3.63, 3.8) is 0 Å². The first-order valence-electron chi connectivity index (χ1n) is 10.2. The Kier molecular flexibility index (Phi) is 7.12. The number of aromatic nitrogens is 2. The second-order valence-corrected chi connectivity index (χ2v) is 8.04. The Morgan fingerprint density at radius 1 is 1.18 bits per heavy atom. The van der Waals surface area contributed by atoms with Gasteiger partial charge in [-0.25, -0.2) is 14.4 Å². The summed E-state index contributed by atoms with van der Waals surface area (Å²) in [5.74, 6) is -0.610. The van der Waals surface area contributed by atoms with Gasteiger partial charge in [0.15, 0.2) is 11.6 Å². The number of rotatable bonds is 8. The molecule has 33 heavy (non-hydrogen) atoms. The van der Waals surface area contributed by atoms with Gasteiger partial charge in [0.25, 0.3) is 0 Å². The Morgan fingerprint density at radius 3 is 2.76 bits per heavy atom. The Balaban J connectivity index is 1.42. The minimum absolute atomic E-state index is 0.00106. The van der Waals surface area contributed by atoms with E-state index in [4.69, 9.17) is 27.9 Å². The average molecular weight is 491 g/mol. The minimum atomic E-state index is -0.609. The molecule has 0 saturated carbocycles. The zero-order valence-corrected chi connectivity index (χ0v) is 19.2. The van der Waals surface area contributed by atoms with Crippen LogP contribution >= 0.6 is 23.2 Å². The summed E-state index contributed by atoms with van der Waals surface area (Å²) in [4.78, 5) is 19.8. The average Bonchev–Trinajstić information content (AvgIpc) is 3.20. The van der Waals surface area contributed by atoms with Crippen molar-refractivity contribution in [3.05, 3.63) is 64.0 Å². The van der Waals surface area contributed by atoms with Crippen LogP contribution in [0.25, 0.3) is 0 Å². The van der Waals surface area contributed by atoms with E-state index in [-0.39, 0.29) is 17.7 Å². The monoisotopic (exact) mass is 490 g/mol. The van der Waals surface area contributed by atoms with Gasteiger partial charge >= 0.3 is 5.97 Å². The third-order valence-electron chi connectivity index (χ3n) is 4.82.